The van der Waals surface area contributed by atoms with Crippen molar-refractivity contribution in [2.45, 2.75) is 37.8 Å². The summed E-state index contributed by atoms with van der Waals surface area (Å²) in [5.41, 5.74) is 13.1. The Hall–Kier alpha value is -3.52. The van der Waals surface area contributed by atoms with Crippen LogP contribution in [0.4, 0.5) is 21.6 Å². The highest BCUT2D eigenvalue weighted by Gasteiger charge is 2.23. The van der Waals surface area contributed by atoms with E-state index in [1.165, 1.54) is 22.7 Å². The van der Waals surface area contributed by atoms with Gasteiger partial charge in [0.25, 0.3) is 5.91 Å². The Balaban J connectivity index is 1.28. The molecule has 5 heterocycles. The fraction of sp³-hybridized carbons (Fsp3) is 0.385. The number of morpholine rings is 1. The van der Waals surface area contributed by atoms with Crippen LogP contribution in [0.5, 0.6) is 0 Å². The van der Waals surface area contributed by atoms with Crippen molar-refractivity contribution in [2.24, 2.45) is 11.5 Å². The summed E-state index contributed by atoms with van der Waals surface area (Å²) in [6, 6.07) is 5.21. The van der Waals surface area contributed by atoms with E-state index in [4.69, 9.17) is 20.6 Å². The zero-order valence-corrected chi connectivity index (χ0v) is 22.8. The second-order valence-electron chi connectivity index (χ2n) is 9.67. The predicted octanol–water partition coefficient (Wildman–Crippen LogP) is 3.73. The lowest BCUT2D eigenvalue weighted by Gasteiger charge is -2.29. The summed E-state index contributed by atoms with van der Waals surface area (Å²) in [6.07, 6.45) is 7.42. The lowest BCUT2D eigenvalue weighted by Crippen LogP contribution is -2.42. The van der Waals surface area contributed by atoms with Gasteiger partial charge in [-0.25, -0.2) is 9.97 Å². The van der Waals surface area contributed by atoms with Gasteiger partial charge in [-0.1, -0.05) is 24.2 Å². The van der Waals surface area contributed by atoms with E-state index in [0.29, 0.717) is 40.4 Å². The van der Waals surface area contributed by atoms with Crippen molar-refractivity contribution in [3.8, 4) is 10.6 Å². The molecule has 1 saturated carbocycles. The number of rotatable bonds is 7. The molecule has 2 atom stereocenters. The first-order valence-corrected chi connectivity index (χ1v) is 14.5. The van der Waals surface area contributed by atoms with Crippen LogP contribution < -0.4 is 32.4 Å². The van der Waals surface area contributed by atoms with Crippen molar-refractivity contribution in [3.63, 3.8) is 0 Å². The van der Waals surface area contributed by atoms with Crippen molar-refractivity contribution < 1.29 is 13.9 Å². The Morgan fingerprint density at radius 1 is 1.15 bits per heavy atom. The molecule has 0 unspecified atom stereocenters. The molecule has 1 aliphatic heterocycles. The van der Waals surface area contributed by atoms with Crippen LogP contribution >= 0.6 is 22.7 Å². The number of primary amides is 1. The third-order valence-corrected chi connectivity index (χ3v) is 9.19. The van der Waals surface area contributed by atoms with E-state index in [-0.39, 0.29) is 23.1 Å². The third-order valence-electron chi connectivity index (χ3n) is 7.04. The van der Waals surface area contributed by atoms with Crippen LogP contribution in [0.2, 0.25) is 0 Å². The molecule has 0 aromatic carbocycles. The Labute approximate surface area is 232 Å². The number of pyridine rings is 1. The van der Waals surface area contributed by atoms with Crippen LogP contribution in [0.15, 0.2) is 39.9 Å². The highest BCUT2D eigenvalue weighted by Crippen LogP contribution is 2.39. The highest BCUT2D eigenvalue weighted by molar-refractivity contribution is 7.23. The van der Waals surface area contributed by atoms with Crippen molar-refractivity contribution in [2.75, 3.05) is 41.8 Å². The van der Waals surface area contributed by atoms with Gasteiger partial charge in [0.2, 0.25) is 5.43 Å². The molecule has 39 heavy (non-hydrogen) atoms. The summed E-state index contributed by atoms with van der Waals surface area (Å²) in [7, 11) is 0. The number of nitrogens with zero attached hydrogens (tertiary/aromatic N) is 3. The molecule has 4 aromatic rings. The molecule has 0 radical (unpaired) electrons. The fourth-order valence-corrected chi connectivity index (χ4v) is 7.03. The zero-order chi connectivity index (χ0) is 26.9. The molecule has 1 aliphatic carbocycles. The van der Waals surface area contributed by atoms with Gasteiger partial charge in [0, 0.05) is 31.2 Å². The molecule has 11 nitrogen and oxygen atoms in total. The number of carbonyl (C=O) groups excluding carboxylic acids is 1. The molecular weight excluding hydrogens is 538 g/mol. The first kappa shape index (κ1) is 25.7. The fourth-order valence-electron chi connectivity index (χ4n) is 4.95. The van der Waals surface area contributed by atoms with Crippen molar-refractivity contribution in [3.05, 3.63) is 46.4 Å². The van der Waals surface area contributed by atoms with E-state index in [9.17, 15) is 9.59 Å². The molecule has 6 rings (SSSR count). The van der Waals surface area contributed by atoms with Crippen LogP contribution in [0.3, 0.4) is 0 Å². The minimum absolute atomic E-state index is 0.0566. The Morgan fingerprint density at radius 3 is 2.77 bits per heavy atom. The summed E-state index contributed by atoms with van der Waals surface area (Å²) in [5.74, 6) is 0.371. The van der Waals surface area contributed by atoms with Crippen molar-refractivity contribution >= 4 is 60.5 Å². The molecule has 1 saturated heterocycles. The zero-order valence-electron chi connectivity index (χ0n) is 21.1. The molecule has 0 spiro atoms. The number of ether oxygens (including phenoxy) is 1. The standard InChI is InChI=1S/C26H29N7O4S2/c27-16-3-1-2-4-17(16)30-19-6-5-14(24(28)35)25(31-19)32-20-12-29-26(38-20)15-13-37-22-18(34)11-21(39-23(15)22)33-7-9-36-10-8-33/h5-6,11-13,16-17H,1-4,7-10,27H2,(H2,28,35)(H2,30,31,32)/t16-,17+/m1/s1. The molecule has 1 amide bonds. The van der Waals surface area contributed by atoms with Crippen LogP contribution in [0.1, 0.15) is 36.0 Å². The maximum atomic E-state index is 12.8. The van der Waals surface area contributed by atoms with E-state index in [1.807, 2.05) is 0 Å². The van der Waals surface area contributed by atoms with Gasteiger partial charge in [-0.2, -0.15) is 0 Å². The van der Waals surface area contributed by atoms with E-state index in [1.54, 1.807) is 30.7 Å². The molecule has 2 fully saturated rings. The Morgan fingerprint density at radius 2 is 1.97 bits per heavy atom. The van der Waals surface area contributed by atoms with Crippen molar-refractivity contribution in [1.29, 1.82) is 0 Å². The second kappa shape index (κ2) is 10.9. The number of thiazole rings is 1. The topological polar surface area (TPSA) is 162 Å². The van der Waals surface area contributed by atoms with Gasteiger partial charge in [-0.15, -0.1) is 11.3 Å². The second-order valence-corrected chi connectivity index (χ2v) is 11.7. The average molecular weight is 568 g/mol. The molecule has 0 bridgehead atoms. The highest BCUT2D eigenvalue weighted by atomic mass is 32.1. The van der Waals surface area contributed by atoms with Gasteiger partial charge in [0.05, 0.1) is 40.2 Å². The Bertz CT molecular complexity index is 1560. The molecule has 6 N–H and O–H groups in total. The largest absolute Gasteiger partial charge is 0.459 e. The summed E-state index contributed by atoms with van der Waals surface area (Å²) < 4.78 is 11.9. The maximum absolute atomic E-state index is 12.8. The van der Waals surface area contributed by atoms with E-state index in [2.05, 4.69) is 25.5 Å². The molecule has 204 valence electrons. The molecule has 4 aromatic heterocycles. The number of aromatic nitrogens is 2. The number of nitrogens with two attached hydrogens (primary N) is 2. The summed E-state index contributed by atoms with van der Waals surface area (Å²) in [4.78, 5) is 36.3. The van der Waals surface area contributed by atoms with Gasteiger partial charge in [0.1, 0.15) is 27.9 Å². The van der Waals surface area contributed by atoms with Gasteiger partial charge < -0.3 is 36.2 Å². The maximum Gasteiger partial charge on any atom is 0.252 e. The Kier molecular flexibility index (Phi) is 7.21. The normalized spacial score (nSPS) is 19.8. The third kappa shape index (κ3) is 5.35. The molecule has 2 aliphatic rings. The summed E-state index contributed by atoms with van der Waals surface area (Å²) >= 11 is 2.87. The minimum Gasteiger partial charge on any atom is -0.459 e. The average Bonchev–Trinajstić information content (AvgIpc) is 3.58. The van der Waals surface area contributed by atoms with E-state index in [0.717, 1.165) is 54.0 Å². The number of carbonyl (C=O) groups is 1. The van der Waals surface area contributed by atoms with Crippen LogP contribution in [-0.4, -0.2) is 54.3 Å². The number of furan rings is 1. The molecule has 13 heteroatoms. The summed E-state index contributed by atoms with van der Waals surface area (Å²) in [5, 5.41) is 8.84. The quantitative estimate of drug-likeness (QED) is 0.259. The number of hydrogen-bond donors (Lipinski definition) is 4. The number of nitrogens with one attached hydrogen (secondary N) is 2. The van der Waals surface area contributed by atoms with Crippen LogP contribution in [-0.2, 0) is 4.74 Å². The number of hydrogen-bond acceptors (Lipinski definition) is 12. The lowest BCUT2D eigenvalue weighted by molar-refractivity contribution is 0.100. The van der Waals surface area contributed by atoms with E-state index >= 15 is 0 Å². The first-order chi connectivity index (χ1) is 19.0. The number of fused-ring (bicyclic) bond motifs is 1. The first-order valence-electron chi connectivity index (χ1n) is 12.9. The van der Waals surface area contributed by atoms with Gasteiger partial charge in [-0.3, -0.25) is 9.59 Å². The number of amides is 1. The van der Waals surface area contributed by atoms with Gasteiger partial charge in [0.15, 0.2) is 5.58 Å². The molecular formula is C26H29N7O4S2. The minimum atomic E-state index is -0.586. The van der Waals surface area contributed by atoms with Crippen LogP contribution in [0.25, 0.3) is 20.9 Å². The van der Waals surface area contributed by atoms with Gasteiger partial charge in [-0.05, 0) is 25.0 Å². The van der Waals surface area contributed by atoms with Crippen LogP contribution in [0, 0.1) is 0 Å². The summed E-state index contributed by atoms with van der Waals surface area (Å²) in [6.45, 7) is 2.72. The SMILES string of the molecule is NC(=O)c1ccc(N[C@H]2CCCC[C@H]2N)nc1Nc1cnc(-c2coc3c(=O)cc(N4CCOCC4)sc23)s1. The van der Waals surface area contributed by atoms with Crippen molar-refractivity contribution in [1.82, 2.24) is 9.97 Å². The number of anilines is 4. The van der Waals surface area contributed by atoms with E-state index < -0.39 is 5.91 Å². The smallest absolute Gasteiger partial charge is 0.252 e. The lowest BCUT2D eigenvalue weighted by atomic mass is 9.91. The van der Waals surface area contributed by atoms with Gasteiger partial charge >= 0.3 is 0 Å². The predicted molar refractivity (Wildman–Crippen MR) is 154 cm³/mol. The monoisotopic (exact) mass is 567 g/mol.